The minimum absolute atomic E-state index is 0.0250. The summed E-state index contributed by atoms with van der Waals surface area (Å²) in [6.07, 6.45) is 0.981. The third-order valence-corrected chi connectivity index (χ3v) is 2.42. The van der Waals surface area contributed by atoms with Crippen molar-refractivity contribution in [2.45, 2.75) is 6.92 Å². The lowest BCUT2D eigenvalue weighted by molar-refractivity contribution is 0.0938. The van der Waals surface area contributed by atoms with E-state index in [9.17, 15) is 9.18 Å². The molecule has 2 N–H and O–H groups in total. The summed E-state index contributed by atoms with van der Waals surface area (Å²) in [5.41, 5.74) is -0.0629. The third-order valence-electron chi connectivity index (χ3n) is 1.99. The highest BCUT2D eigenvalue weighted by molar-refractivity contribution is 9.10. The van der Waals surface area contributed by atoms with Gasteiger partial charge < -0.3 is 10.4 Å². The van der Waals surface area contributed by atoms with Crippen molar-refractivity contribution < 1.29 is 14.3 Å². The van der Waals surface area contributed by atoms with E-state index in [1.165, 1.54) is 6.07 Å². The molecule has 0 aromatic carbocycles. The van der Waals surface area contributed by atoms with E-state index in [4.69, 9.17) is 5.11 Å². The number of hydrogen-bond acceptors (Lipinski definition) is 3. The van der Waals surface area contributed by atoms with E-state index in [-0.39, 0.29) is 18.1 Å². The number of hydrogen-bond donors (Lipinski definition) is 2. The first-order valence-electron chi connectivity index (χ1n) is 4.74. The first-order chi connectivity index (χ1) is 7.54. The highest BCUT2D eigenvalue weighted by Gasteiger charge is 2.13. The Balaban J connectivity index is 2.69. The van der Waals surface area contributed by atoms with Gasteiger partial charge in [0.25, 0.3) is 5.91 Å². The van der Waals surface area contributed by atoms with Gasteiger partial charge in [0.1, 0.15) is 4.60 Å². The fraction of sp³-hybridized carbons (Fsp3) is 0.400. The van der Waals surface area contributed by atoms with Crippen LogP contribution in [0.5, 0.6) is 0 Å². The maximum absolute atomic E-state index is 13.2. The van der Waals surface area contributed by atoms with Gasteiger partial charge in [0.2, 0.25) is 0 Å². The summed E-state index contributed by atoms with van der Waals surface area (Å²) in [6, 6.07) is 1.31. The molecule has 1 rings (SSSR count). The Labute approximate surface area is 101 Å². The van der Waals surface area contributed by atoms with Gasteiger partial charge in [-0.3, -0.25) is 4.79 Å². The Kier molecular flexibility index (Phi) is 4.82. The molecular weight excluding hydrogens is 279 g/mol. The highest BCUT2D eigenvalue weighted by atomic mass is 79.9. The van der Waals surface area contributed by atoms with Crippen molar-refractivity contribution in [1.82, 2.24) is 10.3 Å². The number of amides is 1. The van der Waals surface area contributed by atoms with Gasteiger partial charge in [0.15, 0.2) is 5.82 Å². The number of carbonyl (C=O) groups is 1. The number of rotatable bonds is 4. The zero-order chi connectivity index (χ0) is 12.1. The van der Waals surface area contributed by atoms with Gasteiger partial charge in [0, 0.05) is 13.2 Å². The topological polar surface area (TPSA) is 62.2 Å². The van der Waals surface area contributed by atoms with Crippen molar-refractivity contribution >= 4 is 21.8 Å². The molecule has 1 unspecified atom stereocenters. The van der Waals surface area contributed by atoms with Crippen molar-refractivity contribution in [2.24, 2.45) is 5.92 Å². The van der Waals surface area contributed by atoms with Crippen molar-refractivity contribution in [3.63, 3.8) is 0 Å². The first-order valence-corrected chi connectivity index (χ1v) is 5.54. The Morgan fingerprint density at radius 2 is 2.44 bits per heavy atom. The van der Waals surface area contributed by atoms with Crippen LogP contribution in [0.3, 0.4) is 0 Å². The molecule has 0 saturated heterocycles. The number of nitrogens with zero attached hydrogens (tertiary/aromatic N) is 1. The number of carbonyl (C=O) groups excluding carboxylic acids is 1. The number of aromatic nitrogens is 1. The van der Waals surface area contributed by atoms with Crippen LogP contribution in [-0.2, 0) is 0 Å². The van der Waals surface area contributed by atoms with Crippen molar-refractivity contribution in [2.75, 3.05) is 13.2 Å². The molecule has 1 aromatic rings. The number of halogens is 2. The number of pyridine rings is 1. The van der Waals surface area contributed by atoms with E-state index >= 15 is 0 Å². The zero-order valence-corrected chi connectivity index (χ0v) is 10.3. The van der Waals surface area contributed by atoms with Gasteiger partial charge in [-0.1, -0.05) is 6.92 Å². The average Bonchev–Trinajstić information content (AvgIpc) is 2.28. The molecule has 0 aliphatic carbocycles. The molecule has 1 heterocycles. The van der Waals surface area contributed by atoms with Crippen LogP contribution < -0.4 is 5.32 Å². The minimum atomic E-state index is -0.669. The third kappa shape index (κ3) is 3.53. The Bertz CT molecular complexity index is 387. The monoisotopic (exact) mass is 290 g/mol. The fourth-order valence-corrected chi connectivity index (χ4v) is 1.35. The van der Waals surface area contributed by atoms with Gasteiger partial charge >= 0.3 is 0 Å². The SMILES string of the molecule is CC(CO)CNC(=O)c1cc(Br)ncc1F. The Morgan fingerprint density at radius 3 is 3.06 bits per heavy atom. The van der Waals surface area contributed by atoms with E-state index in [1.54, 1.807) is 6.92 Å². The lowest BCUT2D eigenvalue weighted by Gasteiger charge is -2.10. The molecule has 0 fully saturated rings. The molecule has 0 aliphatic rings. The maximum Gasteiger partial charge on any atom is 0.254 e. The van der Waals surface area contributed by atoms with E-state index in [1.807, 2.05) is 0 Å². The van der Waals surface area contributed by atoms with Crippen LogP contribution in [0.15, 0.2) is 16.9 Å². The number of aliphatic hydroxyl groups is 1. The number of aliphatic hydroxyl groups excluding tert-OH is 1. The van der Waals surface area contributed by atoms with Gasteiger partial charge in [-0.25, -0.2) is 9.37 Å². The van der Waals surface area contributed by atoms with Crippen LogP contribution >= 0.6 is 15.9 Å². The Morgan fingerprint density at radius 1 is 1.75 bits per heavy atom. The van der Waals surface area contributed by atoms with E-state index in [0.717, 1.165) is 6.20 Å². The largest absolute Gasteiger partial charge is 0.396 e. The molecule has 0 aliphatic heterocycles. The second kappa shape index (κ2) is 5.91. The van der Waals surface area contributed by atoms with Crippen LogP contribution in [0, 0.1) is 11.7 Å². The smallest absolute Gasteiger partial charge is 0.254 e. The molecule has 6 heteroatoms. The lowest BCUT2D eigenvalue weighted by Crippen LogP contribution is -2.30. The molecule has 1 atom stereocenters. The average molecular weight is 291 g/mol. The maximum atomic E-state index is 13.2. The zero-order valence-electron chi connectivity index (χ0n) is 8.70. The van der Waals surface area contributed by atoms with Crippen LogP contribution in [-0.4, -0.2) is 29.1 Å². The lowest BCUT2D eigenvalue weighted by atomic mass is 10.2. The summed E-state index contributed by atoms with van der Waals surface area (Å²) in [5, 5.41) is 11.3. The summed E-state index contributed by atoms with van der Waals surface area (Å²) in [7, 11) is 0. The van der Waals surface area contributed by atoms with Crippen LogP contribution in [0.1, 0.15) is 17.3 Å². The normalized spacial score (nSPS) is 12.2. The minimum Gasteiger partial charge on any atom is -0.396 e. The van der Waals surface area contributed by atoms with Crippen molar-refractivity contribution in [3.05, 3.63) is 28.2 Å². The molecule has 0 radical (unpaired) electrons. The van der Waals surface area contributed by atoms with Gasteiger partial charge in [-0.2, -0.15) is 0 Å². The summed E-state index contributed by atoms with van der Waals surface area (Å²) < 4.78 is 13.6. The molecule has 1 aromatic heterocycles. The van der Waals surface area contributed by atoms with Crippen LogP contribution in [0.2, 0.25) is 0 Å². The fourth-order valence-electron chi connectivity index (χ4n) is 1.01. The molecule has 0 saturated carbocycles. The molecular formula is C10H12BrFN2O2. The highest BCUT2D eigenvalue weighted by Crippen LogP contribution is 2.12. The van der Waals surface area contributed by atoms with E-state index < -0.39 is 11.7 Å². The summed E-state index contributed by atoms with van der Waals surface area (Å²) >= 11 is 3.06. The second-order valence-electron chi connectivity index (χ2n) is 3.48. The summed E-state index contributed by atoms with van der Waals surface area (Å²) in [5.74, 6) is -1.24. The van der Waals surface area contributed by atoms with Gasteiger partial charge in [-0.15, -0.1) is 0 Å². The standard InChI is InChI=1S/C10H12BrFN2O2/c1-6(5-15)3-14-10(16)7-2-9(11)13-4-8(7)12/h2,4,6,15H,3,5H2,1H3,(H,14,16). The number of nitrogens with one attached hydrogen (secondary N) is 1. The van der Waals surface area contributed by atoms with Gasteiger partial charge in [0.05, 0.1) is 11.8 Å². The molecule has 0 bridgehead atoms. The molecule has 16 heavy (non-hydrogen) atoms. The molecule has 0 spiro atoms. The van der Waals surface area contributed by atoms with E-state index in [0.29, 0.717) is 11.1 Å². The predicted octanol–water partition coefficient (Wildman–Crippen LogP) is 1.34. The second-order valence-corrected chi connectivity index (χ2v) is 4.30. The molecule has 4 nitrogen and oxygen atoms in total. The van der Waals surface area contributed by atoms with E-state index in [2.05, 4.69) is 26.2 Å². The quantitative estimate of drug-likeness (QED) is 0.823. The molecule has 1 amide bonds. The van der Waals surface area contributed by atoms with Crippen molar-refractivity contribution in [3.8, 4) is 0 Å². The predicted molar refractivity (Wildman–Crippen MR) is 60.5 cm³/mol. The van der Waals surface area contributed by atoms with Gasteiger partial charge in [-0.05, 0) is 27.9 Å². The summed E-state index contributed by atoms with van der Waals surface area (Å²) in [4.78, 5) is 15.2. The Hall–Kier alpha value is -1.01. The van der Waals surface area contributed by atoms with Crippen molar-refractivity contribution in [1.29, 1.82) is 0 Å². The molecule has 88 valence electrons. The summed E-state index contributed by atoms with van der Waals surface area (Å²) in [6.45, 7) is 2.05. The first kappa shape index (κ1) is 13.1. The van der Waals surface area contributed by atoms with Crippen LogP contribution in [0.25, 0.3) is 0 Å². The van der Waals surface area contributed by atoms with Crippen LogP contribution in [0.4, 0.5) is 4.39 Å².